The Morgan fingerprint density at radius 2 is 1.43 bits per heavy atom. The van der Waals surface area contributed by atoms with Crippen LogP contribution in [0.3, 0.4) is 0 Å². The second kappa shape index (κ2) is 26.3. The van der Waals surface area contributed by atoms with Crippen molar-refractivity contribution in [2.75, 3.05) is 12.3 Å². The van der Waals surface area contributed by atoms with Crippen LogP contribution in [0.25, 0.3) is 0 Å². The van der Waals surface area contributed by atoms with Crippen LogP contribution in [0.15, 0.2) is 72.9 Å². The first-order valence-corrected chi connectivity index (χ1v) is 15.9. The van der Waals surface area contributed by atoms with Crippen LogP contribution in [0.1, 0.15) is 51.9 Å². The lowest BCUT2D eigenvalue weighted by Crippen LogP contribution is -2.50. The number of carbonyl (C=O) groups excluding carboxylic acids is 2. The predicted octanol–water partition coefficient (Wildman–Crippen LogP) is 2.08. The summed E-state index contributed by atoms with van der Waals surface area (Å²) in [6, 6.07) is -2.48. The molecule has 0 aromatic carbocycles. The van der Waals surface area contributed by atoms with Gasteiger partial charge in [0.2, 0.25) is 11.8 Å². The van der Waals surface area contributed by atoms with Crippen LogP contribution in [0, 0.1) is 0 Å². The van der Waals surface area contributed by atoms with Gasteiger partial charge < -0.3 is 41.9 Å². The molecule has 0 saturated heterocycles. The molecule has 256 valence electrons. The maximum absolute atomic E-state index is 12.7. The van der Waals surface area contributed by atoms with Crippen molar-refractivity contribution in [2.24, 2.45) is 5.73 Å². The minimum absolute atomic E-state index is 0.0583. The number of nitrogens with one attached hydrogen (secondary N) is 2. The summed E-state index contributed by atoms with van der Waals surface area (Å²) >= 11 is 1.12. The molecule has 0 bridgehead atoms. The summed E-state index contributed by atoms with van der Waals surface area (Å²) in [5, 5.41) is 51.5. The fourth-order valence-corrected chi connectivity index (χ4v) is 4.63. The van der Waals surface area contributed by atoms with Crippen molar-refractivity contribution in [1.29, 1.82) is 0 Å². The highest BCUT2D eigenvalue weighted by atomic mass is 32.2. The number of carbonyl (C=O) groups is 5. The van der Waals surface area contributed by atoms with Crippen LogP contribution in [-0.2, 0) is 24.0 Å². The molecule has 0 aromatic rings. The molecule has 0 fully saturated rings. The molecule has 0 radical (unpaired) electrons. The number of aliphatic carboxylic acids is 3. The van der Waals surface area contributed by atoms with E-state index in [1.807, 2.05) is 19.1 Å². The van der Waals surface area contributed by atoms with E-state index >= 15 is 0 Å². The molecule has 5 atom stereocenters. The molecule has 0 aliphatic carbocycles. The van der Waals surface area contributed by atoms with E-state index in [1.54, 1.807) is 60.8 Å². The van der Waals surface area contributed by atoms with Gasteiger partial charge in [0.15, 0.2) is 0 Å². The number of nitrogens with two attached hydrogens (primary N) is 1. The highest BCUT2D eigenvalue weighted by molar-refractivity contribution is 8.00. The zero-order valence-electron chi connectivity index (χ0n) is 25.9. The van der Waals surface area contributed by atoms with E-state index in [9.17, 15) is 34.2 Å². The van der Waals surface area contributed by atoms with Gasteiger partial charge in [0.25, 0.3) is 0 Å². The molecule has 0 aliphatic heterocycles. The zero-order chi connectivity index (χ0) is 34.7. The van der Waals surface area contributed by atoms with Gasteiger partial charge in [-0.3, -0.25) is 24.0 Å². The Morgan fingerprint density at radius 1 is 0.804 bits per heavy atom. The first-order valence-electron chi connectivity index (χ1n) is 14.8. The van der Waals surface area contributed by atoms with Crippen molar-refractivity contribution in [2.45, 2.75) is 81.4 Å². The molecule has 13 nitrogen and oxygen atoms in total. The molecular formula is C32H47N3O10S. The Labute approximate surface area is 273 Å². The molecule has 0 saturated carbocycles. The third-order valence-electron chi connectivity index (χ3n) is 5.94. The van der Waals surface area contributed by atoms with Gasteiger partial charge in [-0.25, -0.2) is 0 Å². The summed E-state index contributed by atoms with van der Waals surface area (Å²) in [4.78, 5) is 57.8. The van der Waals surface area contributed by atoms with Gasteiger partial charge in [-0.05, 0) is 32.1 Å². The highest BCUT2D eigenvalue weighted by Crippen LogP contribution is 2.21. The average Bonchev–Trinajstić information content (AvgIpc) is 3.00. The van der Waals surface area contributed by atoms with E-state index in [4.69, 9.17) is 21.1 Å². The molecule has 0 aliphatic rings. The minimum atomic E-state index is -1.29. The number of hydrogen-bond donors (Lipinski definition) is 8. The highest BCUT2D eigenvalue weighted by Gasteiger charge is 2.25. The topological polar surface area (TPSA) is 237 Å². The molecule has 0 aromatic heterocycles. The largest absolute Gasteiger partial charge is 0.481 e. The molecule has 0 spiro atoms. The van der Waals surface area contributed by atoms with Gasteiger partial charge >= 0.3 is 17.9 Å². The SMILES string of the molecule is CC/C=C\C[C@H](O)/C=C/C=C\C=C\C=C[C@H](SC[C@H](NC(=O)CC[C@H](N)C(=O)O)C(=O)NCC(=O)O)[C@H](O)C/C=C\CCC(=O)O. The van der Waals surface area contributed by atoms with Crippen molar-refractivity contribution >= 4 is 41.5 Å². The monoisotopic (exact) mass is 665 g/mol. The lowest BCUT2D eigenvalue weighted by atomic mass is 10.1. The first-order chi connectivity index (χ1) is 21.9. The van der Waals surface area contributed by atoms with Crippen LogP contribution in [0.5, 0.6) is 0 Å². The molecule has 9 N–H and O–H groups in total. The fraction of sp³-hybridized carbons (Fsp3) is 0.469. The Morgan fingerprint density at radius 3 is 2.04 bits per heavy atom. The lowest BCUT2D eigenvalue weighted by molar-refractivity contribution is -0.139. The average molecular weight is 666 g/mol. The van der Waals surface area contributed by atoms with Crippen molar-refractivity contribution in [3.8, 4) is 0 Å². The summed E-state index contributed by atoms with van der Waals surface area (Å²) in [6.45, 7) is 1.33. The van der Waals surface area contributed by atoms with E-state index in [1.165, 1.54) is 0 Å². The van der Waals surface area contributed by atoms with Gasteiger partial charge in [0.05, 0.1) is 12.2 Å². The molecule has 14 heteroatoms. The number of thioether (sulfide) groups is 1. The van der Waals surface area contributed by atoms with Gasteiger partial charge in [-0.2, -0.15) is 0 Å². The number of rotatable bonds is 25. The zero-order valence-corrected chi connectivity index (χ0v) is 26.8. The number of carboxylic acids is 3. The maximum atomic E-state index is 12.7. The number of allylic oxidation sites excluding steroid dienone is 8. The smallest absolute Gasteiger partial charge is 0.322 e. The van der Waals surface area contributed by atoms with E-state index in [-0.39, 0.29) is 37.9 Å². The molecule has 46 heavy (non-hydrogen) atoms. The third-order valence-corrected chi connectivity index (χ3v) is 7.32. The Kier molecular flexibility index (Phi) is 24.0. The summed E-state index contributed by atoms with van der Waals surface area (Å²) in [5.41, 5.74) is 5.44. The van der Waals surface area contributed by atoms with Gasteiger partial charge in [-0.1, -0.05) is 79.8 Å². The number of aliphatic hydroxyl groups is 2. The second-order valence-corrected chi connectivity index (χ2v) is 11.2. The van der Waals surface area contributed by atoms with Gasteiger partial charge in [0.1, 0.15) is 18.6 Å². The molecule has 0 rings (SSSR count). The van der Waals surface area contributed by atoms with E-state index in [0.717, 1.165) is 18.2 Å². The van der Waals surface area contributed by atoms with Gasteiger partial charge in [-0.15, -0.1) is 11.8 Å². The van der Waals surface area contributed by atoms with Crippen LogP contribution in [0.4, 0.5) is 0 Å². The van der Waals surface area contributed by atoms with Crippen molar-refractivity contribution in [3.05, 3.63) is 72.9 Å². The normalized spacial score (nSPS) is 15.6. The maximum Gasteiger partial charge on any atom is 0.322 e. The fourth-order valence-electron chi connectivity index (χ4n) is 3.45. The van der Waals surface area contributed by atoms with E-state index < -0.39 is 65.8 Å². The third kappa shape index (κ3) is 23.4. The Hall–Kier alpha value is -3.98. The van der Waals surface area contributed by atoms with Crippen molar-refractivity contribution in [1.82, 2.24) is 10.6 Å². The quantitative estimate of drug-likeness (QED) is 0.0517. The van der Waals surface area contributed by atoms with Crippen LogP contribution in [-0.4, -0.2) is 97.1 Å². The van der Waals surface area contributed by atoms with Crippen molar-refractivity contribution in [3.63, 3.8) is 0 Å². The first kappa shape index (κ1) is 42.0. The summed E-state index contributed by atoms with van der Waals surface area (Å²) in [5.74, 6) is -5.02. The summed E-state index contributed by atoms with van der Waals surface area (Å²) in [6.07, 6.45) is 20.7. The number of aliphatic hydroxyl groups excluding tert-OH is 2. The van der Waals surface area contributed by atoms with Crippen molar-refractivity contribution < 1.29 is 49.5 Å². The Balaban J connectivity index is 5.59. The van der Waals surface area contributed by atoms with Crippen LogP contribution < -0.4 is 16.4 Å². The standard InChI is InChI=1S/C32H47N3O10S/c1-2-3-9-14-23(36)15-10-6-4-5-7-12-17-27(26(37)16-11-8-13-18-29(39)40)46-22-25(31(43)34-21-30(41)42)35-28(38)20-19-24(33)32(44)45/h3-12,15,17,23-27,36-37H,2,13-14,16,18-22,33H2,1H3,(H,34,43)(H,35,38)(H,39,40)(H,41,42)(H,44,45)/b6-4-,7-5+,9-3-,11-8-,15-10+,17-12?/t23-,24-,25-,26+,27-/m0/s1. The Bertz CT molecular complexity index is 1130. The van der Waals surface area contributed by atoms with E-state index in [2.05, 4.69) is 10.6 Å². The number of carboxylic acid groups (broad SMARTS) is 3. The number of hydrogen-bond acceptors (Lipinski definition) is 9. The summed E-state index contributed by atoms with van der Waals surface area (Å²) < 4.78 is 0. The van der Waals surface area contributed by atoms with E-state index in [0.29, 0.717) is 6.42 Å². The molecule has 0 unspecified atom stereocenters. The van der Waals surface area contributed by atoms with Crippen LogP contribution >= 0.6 is 11.8 Å². The van der Waals surface area contributed by atoms with Gasteiger partial charge in [0, 0.05) is 23.8 Å². The summed E-state index contributed by atoms with van der Waals surface area (Å²) in [7, 11) is 0. The predicted molar refractivity (Wildman–Crippen MR) is 177 cm³/mol. The lowest BCUT2D eigenvalue weighted by Gasteiger charge is -2.23. The second-order valence-electron chi connectivity index (χ2n) is 9.94. The molecule has 0 heterocycles. The molecular weight excluding hydrogens is 618 g/mol. The molecule has 2 amide bonds. The number of amides is 2. The minimum Gasteiger partial charge on any atom is -0.481 e. The van der Waals surface area contributed by atoms with Crippen LogP contribution in [0.2, 0.25) is 0 Å².